The van der Waals surface area contributed by atoms with E-state index in [9.17, 15) is 9.59 Å². The van der Waals surface area contributed by atoms with Crippen molar-refractivity contribution < 1.29 is 9.21 Å². The van der Waals surface area contributed by atoms with Crippen molar-refractivity contribution in [3.05, 3.63) is 79.6 Å². The van der Waals surface area contributed by atoms with E-state index >= 15 is 0 Å². The molecule has 1 aliphatic heterocycles. The topological polar surface area (TPSA) is 62.6 Å². The van der Waals surface area contributed by atoms with Crippen molar-refractivity contribution in [2.45, 2.75) is 32.2 Å². The van der Waals surface area contributed by atoms with Crippen LogP contribution in [-0.2, 0) is 0 Å². The number of piperidine rings is 1. The van der Waals surface area contributed by atoms with Crippen molar-refractivity contribution >= 4 is 52.5 Å². The molecule has 1 amide bonds. The number of rotatable bonds is 5. The van der Waals surface area contributed by atoms with Crippen molar-refractivity contribution in [3.63, 3.8) is 0 Å². The summed E-state index contributed by atoms with van der Waals surface area (Å²) in [6.45, 7) is 4.19. The molecule has 1 aliphatic rings. The third kappa shape index (κ3) is 5.46. The molecule has 1 atom stereocenters. The Morgan fingerprint density at radius 2 is 1.78 bits per heavy atom. The third-order valence-electron chi connectivity index (χ3n) is 5.77. The van der Waals surface area contributed by atoms with Gasteiger partial charge in [-0.1, -0.05) is 41.8 Å². The number of hydrogen-bond acceptors (Lipinski definition) is 4. The smallest absolute Gasteiger partial charge is 0.287 e. The van der Waals surface area contributed by atoms with Gasteiger partial charge >= 0.3 is 0 Å². The summed E-state index contributed by atoms with van der Waals surface area (Å²) in [5.41, 5.74) is 1.93. The lowest BCUT2D eigenvalue weighted by atomic mass is 10.0. The minimum Gasteiger partial charge on any atom is -0.451 e. The SMILES string of the molecule is Cc1cc2oc(C(=O)NCC(c3ccc(Cl)cc3)N3CCCCC3)cc(=O)c2cc1Cl.Cl. The van der Waals surface area contributed by atoms with Crippen LogP contribution in [0, 0.1) is 6.92 Å². The molecular weight excluding hydrogens is 471 g/mol. The molecule has 1 aromatic heterocycles. The number of carbonyl (C=O) groups is 1. The van der Waals surface area contributed by atoms with Crippen molar-refractivity contribution in [1.29, 1.82) is 0 Å². The zero-order valence-electron chi connectivity index (χ0n) is 17.7. The fraction of sp³-hybridized carbons (Fsp3) is 0.333. The van der Waals surface area contributed by atoms with E-state index in [0.717, 1.165) is 37.1 Å². The average Bonchev–Trinajstić information content (AvgIpc) is 2.77. The highest BCUT2D eigenvalue weighted by Gasteiger charge is 2.24. The molecule has 8 heteroatoms. The molecule has 5 nitrogen and oxygen atoms in total. The summed E-state index contributed by atoms with van der Waals surface area (Å²) < 4.78 is 5.74. The van der Waals surface area contributed by atoms with E-state index in [0.29, 0.717) is 27.6 Å². The Morgan fingerprint density at radius 1 is 1.09 bits per heavy atom. The second kappa shape index (κ2) is 10.7. The van der Waals surface area contributed by atoms with Crippen molar-refractivity contribution in [2.24, 2.45) is 0 Å². The Labute approximate surface area is 203 Å². The Bertz CT molecular complexity index is 1160. The molecule has 1 unspecified atom stereocenters. The van der Waals surface area contributed by atoms with Crippen molar-refractivity contribution in [3.8, 4) is 0 Å². The quantitative estimate of drug-likeness (QED) is 0.487. The van der Waals surface area contributed by atoms with Crippen LogP contribution in [0.5, 0.6) is 0 Å². The minimum atomic E-state index is -0.414. The average molecular weight is 496 g/mol. The lowest BCUT2D eigenvalue weighted by Gasteiger charge is -2.35. The lowest BCUT2D eigenvalue weighted by molar-refractivity contribution is 0.0897. The minimum absolute atomic E-state index is 0. The normalized spacial score (nSPS) is 15.2. The van der Waals surface area contributed by atoms with Crippen molar-refractivity contribution in [2.75, 3.05) is 19.6 Å². The number of likely N-dealkylation sites (tertiary alicyclic amines) is 1. The lowest BCUT2D eigenvalue weighted by Crippen LogP contribution is -2.40. The first-order valence-corrected chi connectivity index (χ1v) is 11.2. The fourth-order valence-corrected chi connectivity index (χ4v) is 4.33. The van der Waals surface area contributed by atoms with Gasteiger partial charge in [0.1, 0.15) is 5.58 Å². The predicted octanol–water partition coefficient (Wildman–Crippen LogP) is 5.79. The standard InChI is InChI=1S/C24H24Cl2N2O3.ClH/c1-15-11-22-18(12-19(15)26)21(29)13-23(31-22)24(30)27-14-20(28-9-3-2-4-10-28)16-5-7-17(25)8-6-16;/h5-8,11-13,20H,2-4,9-10,14H2,1H3,(H,27,30);1H. The molecule has 2 heterocycles. The highest BCUT2D eigenvalue weighted by Crippen LogP contribution is 2.26. The second-order valence-electron chi connectivity index (χ2n) is 7.95. The van der Waals surface area contributed by atoms with Crippen LogP contribution >= 0.6 is 35.6 Å². The third-order valence-corrected chi connectivity index (χ3v) is 6.43. The second-order valence-corrected chi connectivity index (χ2v) is 8.79. The molecule has 2 aromatic carbocycles. The van der Waals surface area contributed by atoms with Crippen LogP contribution in [-0.4, -0.2) is 30.4 Å². The molecule has 0 radical (unpaired) electrons. The maximum absolute atomic E-state index is 12.9. The number of aryl methyl sites for hydroxylation is 1. The number of fused-ring (bicyclic) bond motifs is 1. The molecule has 0 spiro atoms. The molecule has 4 rings (SSSR count). The summed E-state index contributed by atoms with van der Waals surface area (Å²) in [5, 5.41) is 4.49. The Balaban J connectivity index is 0.00000289. The Kier molecular flexibility index (Phi) is 8.23. The summed E-state index contributed by atoms with van der Waals surface area (Å²) in [6, 6.07) is 12.2. The van der Waals surface area contributed by atoms with Crippen LogP contribution in [0.2, 0.25) is 10.0 Å². The summed E-state index contributed by atoms with van der Waals surface area (Å²) in [5.74, 6) is -0.421. The van der Waals surface area contributed by atoms with Gasteiger partial charge in [-0.25, -0.2) is 0 Å². The van der Waals surface area contributed by atoms with Gasteiger partial charge in [-0.15, -0.1) is 12.4 Å². The number of carbonyl (C=O) groups excluding carboxylic acids is 1. The molecule has 1 saturated heterocycles. The van der Waals surface area contributed by atoms with Crippen LogP contribution in [0.4, 0.5) is 0 Å². The van der Waals surface area contributed by atoms with E-state index in [1.165, 1.54) is 12.5 Å². The summed E-state index contributed by atoms with van der Waals surface area (Å²) >= 11 is 12.2. The first kappa shape index (κ1) is 24.6. The number of nitrogens with one attached hydrogen (secondary N) is 1. The maximum atomic E-state index is 12.9. The molecule has 170 valence electrons. The Hall–Kier alpha value is -2.05. The van der Waals surface area contributed by atoms with E-state index in [2.05, 4.69) is 10.2 Å². The van der Waals surface area contributed by atoms with Crippen LogP contribution in [0.25, 0.3) is 11.0 Å². The number of nitrogens with zero attached hydrogens (tertiary/aromatic N) is 1. The van der Waals surface area contributed by atoms with Gasteiger partial charge in [0.2, 0.25) is 0 Å². The maximum Gasteiger partial charge on any atom is 0.287 e. The molecule has 0 aliphatic carbocycles. The zero-order valence-corrected chi connectivity index (χ0v) is 20.0. The number of halogens is 3. The van der Waals surface area contributed by atoms with Crippen LogP contribution in [0.1, 0.15) is 47.0 Å². The van der Waals surface area contributed by atoms with Gasteiger partial charge in [-0.3, -0.25) is 14.5 Å². The van der Waals surface area contributed by atoms with Crippen LogP contribution in [0.3, 0.4) is 0 Å². The summed E-state index contributed by atoms with van der Waals surface area (Å²) in [4.78, 5) is 27.7. The van der Waals surface area contributed by atoms with E-state index in [1.54, 1.807) is 12.1 Å². The van der Waals surface area contributed by atoms with Gasteiger partial charge < -0.3 is 9.73 Å². The van der Waals surface area contributed by atoms with E-state index in [1.807, 2.05) is 31.2 Å². The van der Waals surface area contributed by atoms with E-state index in [4.69, 9.17) is 27.6 Å². The number of amides is 1. The summed E-state index contributed by atoms with van der Waals surface area (Å²) in [6.07, 6.45) is 3.50. The molecule has 1 fully saturated rings. The summed E-state index contributed by atoms with van der Waals surface area (Å²) in [7, 11) is 0. The van der Waals surface area contributed by atoms with Gasteiger partial charge in [0.15, 0.2) is 11.2 Å². The molecule has 32 heavy (non-hydrogen) atoms. The van der Waals surface area contributed by atoms with Gasteiger partial charge in [0, 0.05) is 22.7 Å². The molecule has 3 aromatic rings. The van der Waals surface area contributed by atoms with Crippen molar-refractivity contribution in [1.82, 2.24) is 10.2 Å². The Morgan fingerprint density at radius 3 is 2.47 bits per heavy atom. The monoisotopic (exact) mass is 494 g/mol. The molecule has 1 N–H and O–H groups in total. The highest BCUT2D eigenvalue weighted by atomic mass is 35.5. The van der Waals surface area contributed by atoms with Gasteiger partial charge in [0.25, 0.3) is 5.91 Å². The number of benzene rings is 2. The van der Waals surface area contributed by atoms with E-state index < -0.39 is 5.91 Å². The van der Waals surface area contributed by atoms with Gasteiger partial charge in [0.05, 0.1) is 11.4 Å². The predicted molar refractivity (Wildman–Crippen MR) is 131 cm³/mol. The van der Waals surface area contributed by atoms with E-state index in [-0.39, 0.29) is 29.6 Å². The largest absolute Gasteiger partial charge is 0.451 e. The first-order chi connectivity index (χ1) is 14.9. The fourth-order valence-electron chi connectivity index (χ4n) is 4.04. The van der Waals surface area contributed by atoms with Crippen LogP contribution < -0.4 is 10.7 Å². The zero-order chi connectivity index (χ0) is 22.0. The van der Waals surface area contributed by atoms with Gasteiger partial charge in [-0.05, 0) is 68.2 Å². The van der Waals surface area contributed by atoms with Crippen LogP contribution in [0.15, 0.2) is 51.7 Å². The molecule has 0 bridgehead atoms. The highest BCUT2D eigenvalue weighted by molar-refractivity contribution is 6.32. The number of hydrogen-bond donors (Lipinski definition) is 1. The molecule has 0 saturated carbocycles. The molecular formula is C24H25Cl3N2O3. The van der Waals surface area contributed by atoms with Gasteiger partial charge in [-0.2, -0.15) is 0 Å². The first-order valence-electron chi connectivity index (χ1n) is 10.4.